The average Bonchev–Trinajstić information content (AvgIpc) is 3.41. The van der Waals surface area contributed by atoms with Crippen molar-refractivity contribution in [3.8, 4) is 5.75 Å². The molecule has 0 bridgehead atoms. The van der Waals surface area contributed by atoms with Gasteiger partial charge in [0.05, 0.1) is 19.2 Å². The van der Waals surface area contributed by atoms with Crippen molar-refractivity contribution < 1.29 is 19.4 Å². The minimum Gasteiger partial charge on any atom is -0.497 e. The number of likely N-dealkylation sites (tertiary alicyclic amines) is 2. The molecule has 1 aromatic carbocycles. The van der Waals surface area contributed by atoms with Crippen LogP contribution in [0.25, 0.3) is 0 Å². The van der Waals surface area contributed by atoms with Crippen molar-refractivity contribution in [2.45, 2.75) is 26.6 Å². The molecule has 0 unspecified atom stereocenters. The molecule has 4 rings (SSSR count). The number of carbonyl (C=O) groups excluding carboxylic acids is 1. The second-order valence-corrected chi connectivity index (χ2v) is 7.44. The summed E-state index contributed by atoms with van der Waals surface area (Å²) in [5.74, 6) is 1.74. The highest BCUT2D eigenvalue weighted by atomic mass is 16.5. The number of rotatable bonds is 6. The number of hydrogen-bond acceptors (Lipinski definition) is 5. The highest BCUT2D eigenvalue weighted by Crippen LogP contribution is 2.33. The molecule has 0 aliphatic carbocycles. The van der Waals surface area contributed by atoms with E-state index in [0.717, 1.165) is 44.0 Å². The van der Waals surface area contributed by atoms with E-state index in [0.29, 0.717) is 18.4 Å². The van der Waals surface area contributed by atoms with Gasteiger partial charge in [-0.3, -0.25) is 19.2 Å². The number of fused-ring (bicyclic) bond motifs is 1. The van der Waals surface area contributed by atoms with E-state index in [2.05, 4.69) is 23.1 Å². The lowest BCUT2D eigenvalue weighted by Crippen LogP contribution is -2.32. The van der Waals surface area contributed by atoms with Gasteiger partial charge in [-0.25, -0.2) is 0 Å². The number of carboxylic acid groups (broad SMARTS) is 1. The monoisotopic (exact) mass is 400 g/mol. The first-order valence-corrected chi connectivity index (χ1v) is 9.81. The van der Waals surface area contributed by atoms with Crippen LogP contribution in [0.3, 0.4) is 0 Å². The second kappa shape index (κ2) is 9.56. The van der Waals surface area contributed by atoms with E-state index >= 15 is 0 Å². The number of hydrogen-bond donors (Lipinski definition) is 1. The number of methoxy groups -OCH3 is 1. The third-order valence-electron chi connectivity index (χ3n) is 5.55. The Balaban J connectivity index is 0.000000755. The molecule has 8 nitrogen and oxygen atoms in total. The SMILES string of the molecule is CCn1cc(CN2C[C@H]3CN(Cc4ccc(OC)cc4)C(=O)[C@H]3C2)cn1.O=CO. The van der Waals surface area contributed by atoms with Gasteiger partial charge in [-0.15, -0.1) is 0 Å². The molecular weight excluding hydrogens is 372 g/mol. The smallest absolute Gasteiger partial charge is 0.290 e. The molecule has 2 fully saturated rings. The standard InChI is InChI=1S/C20H26N4O2.CH2O2/c1-3-24-11-16(8-21-24)9-22-12-17-13-23(20(25)19(17)14-22)10-15-4-6-18(26-2)7-5-15;2-1-3/h4-8,11,17,19H,3,9-10,12-14H2,1-2H3;1H,(H,2,3)/t17-,19-;/m0./s1. The molecule has 0 saturated carbocycles. The van der Waals surface area contributed by atoms with Crippen molar-refractivity contribution in [3.05, 3.63) is 47.8 Å². The van der Waals surface area contributed by atoms with Crippen molar-refractivity contribution in [1.29, 1.82) is 0 Å². The Morgan fingerprint density at radius 3 is 2.48 bits per heavy atom. The van der Waals surface area contributed by atoms with Crippen molar-refractivity contribution >= 4 is 12.4 Å². The average molecular weight is 400 g/mol. The van der Waals surface area contributed by atoms with Crippen molar-refractivity contribution in [2.24, 2.45) is 11.8 Å². The molecule has 0 radical (unpaired) electrons. The maximum atomic E-state index is 12.8. The van der Waals surface area contributed by atoms with Crippen LogP contribution in [0.4, 0.5) is 0 Å². The van der Waals surface area contributed by atoms with Crippen LogP contribution in [0.2, 0.25) is 0 Å². The van der Waals surface area contributed by atoms with Crippen molar-refractivity contribution in [2.75, 3.05) is 26.7 Å². The number of carbonyl (C=O) groups is 2. The molecule has 2 aliphatic heterocycles. The Kier molecular flexibility index (Phi) is 6.87. The zero-order valence-electron chi connectivity index (χ0n) is 16.9. The predicted molar refractivity (Wildman–Crippen MR) is 107 cm³/mol. The number of aromatic nitrogens is 2. The lowest BCUT2D eigenvalue weighted by Gasteiger charge is -2.21. The fourth-order valence-corrected chi connectivity index (χ4v) is 4.18. The van der Waals surface area contributed by atoms with Crippen LogP contribution in [-0.2, 0) is 29.2 Å². The normalized spacial score (nSPS) is 20.9. The Morgan fingerprint density at radius 1 is 1.17 bits per heavy atom. The van der Waals surface area contributed by atoms with Crippen LogP contribution in [0.5, 0.6) is 5.75 Å². The molecule has 3 heterocycles. The van der Waals surface area contributed by atoms with Gasteiger partial charge < -0.3 is 14.7 Å². The van der Waals surface area contributed by atoms with Gasteiger partial charge in [-0.05, 0) is 24.6 Å². The number of amides is 1. The molecule has 8 heteroatoms. The third-order valence-corrected chi connectivity index (χ3v) is 5.55. The summed E-state index contributed by atoms with van der Waals surface area (Å²) >= 11 is 0. The summed E-state index contributed by atoms with van der Waals surface area (Å²) in [6, 6.07) is 7.99. The molecule has 2 aliphatic rings. The first-order valence-electron chi connectivity index (χ1n) is 9.81. The van der Waals surface area contributed by atoms with Crippen LogP contribution in [0.1, 0.15) is 18.1 Å². The molecule has 2 saturated heterocycles. The summed E-state index contributed by atoms with van der Waals surface area (Å²) in [4.78, 5) is 25.6. The van der Waals surface area contributed by atoms with E-state index in [-0.39, 0.29) is 12.4 Å². The zero-order valence-corrected chi connectivity index (χ0v) is 16.9. The van der Waals surface area contributed by atoms with E-state index in [1.54, 1.807) is 7.11 Å². The van der Waals surface area contributed by atoms with Gasteiger partial charge in [0.1, 0.15) is 5.75 Å². The predicted octanol–water partition coefficient (Wildman–Crippen LogP) is 1.70. The lowest BCUT2D eigenvalue weighted by molar-refractivity contribution is -0.131. The number of ether oxygens (including phenoxy) is 1. The van der Waals surface area contributed by atoms with Crippen LogP contribution >= 0.6 is 0 Å². The van der Waals surface area contributed by atoms with Gasteiger partial charge in [0.25, 0.3) is 6.47 Å². The third kappa shape index (κ3) is 4.95. The van der Waals surface area contributed by atoms with E-state index in [1.807, 2.05) is 40.0 Å². The van der Waals surface area contributed by atoms with Gasteiger partial charge >= 0.3 is 0 Å². The molecular formula is C21H28N4O4. The first-order chi connectivity index (χ1) is 14.1. The number of nitrogens with zero attached hydrogens (tertiary/aromatic N) is 4. The molecule has 156 valence electrons. The van der Waals surface area contributed by atoms with Crippen molar-refractivity contribution in [3.63, 3.8) is 0 Å². The van der Waals surface area contributed by atoms with Crippen LogP contribution in [-0.4, -0.2) is 63.8 Å². The van der Waals surface area contributed by atoms with E-state index in [9.17, 15) is 4.79 Å². The summed E-state index contributed by atoms with van der Waals surface area (Å²) in [5.41, 5.74) is 2.39. The van der Waals surface area contributed by atoms with E-state index in [4.69, 9.17) is 14.6 Å². The molecule has 1 aromatic heterocycles. The maximum absolute atomic E-state index is 12.8. The largest absolute Gasteiger partial charge is 0.497 e. The zero-order chi connectivity index (χ0) is 20.8. The topological polar surface area (TPSA) is 87.9 Å². The van der Waals surface area contributed by atoms with Crippen LogP contribution in [0, 0.1) is 11.8 Å². The molecule has 2 aromatic rings. The van der Waals surface area contributed by atoms with Gasteiger partial charge in [-0.1, -0.05) is 12.1 Å². The van der Waals surface area contributed by atoms with Gasteiger partial charge in [0.15, 0.2) is 0 Å². The Bertz CT molecular complexity index is 820. The summed E-state index contributed by atoms with van der Waals surface area (Å²) in [6.07, 6.45) is 4.04. The second-order valence-electron chi connectivity index (χ2n) is 7.44. The fraction of sp³-hybridized carbons (Fsp3) is 0.476. The van der Waals surface area contributed by atoms with Crippen LogP contribution in [0.15, 0.2) is 36.7 Å². The highest BCUT2D eigenvalue weighted by molar-refractivity contribution is 5.82. The quantitative estimate of drug-likeness (QED) is 0.743. The molecule has 2 atom stereocenters. The minimum absolute atomic E-state index is 0.148. The minimum atomic E-state index is -0.250. The summed E-state index contributed by atoms with van der Waals surface area (Å²) in [5, 5.41) is 11.2. The lowest BCUT2D eigenvalue weighted by atomic mass is 10.0. The maximum Gasteiger partial charge on any atom is 0.290 e. The van der Waals surface area contributed by atoms with Gasteiger partial charge in [0.2, 0.25) is 5.91 Å². The Labute approximate surface area is 170 Å². The highest BCUT2D eigenvalue weighted by Gasteiger charge is 2.45. The molecule has 1 N–H and O–H groups in total. The molecule has 0 spiro atoms. The fourth-order valence-electron chi connectivity index (χ4n) is 4.18. The van der Waals surface area contributed by atoms with E-state index < -0.39 is 0 Å². The number of aryl methyl sites for hydroxylation is 1. The molecule has 1 amide bonds. The summed E-state index contributed by atoms with van der Waals surface area (Å²) < 4.78 is 7.15. The Morgan fingerprint density at radius 2 is 1.90 bits per heavy atom. The van der Waals surface area contributed by atoms with Crippen LogP contribution < -0.4 is 4.74 Å². The Hall–Kier alpha value is -2.87. The van der Waals surface area contributed by atoms with E-state index in [1.165, 1.54) is 5.56 Å². The van der Waals surface area contributed by atoms with Gasteiger partial charge in [0, 0.05) is 56.9 Å². The van der Waals surface area contributed by atoms with Gasteiger partial charge in [-0.2, -0.15) is 5.10 Å². The first kappa shape index (κ1) is 20.9. The summed E-state index contributed by atoms with van der Waals surface area (Å²) in [7, 11) is 1.67. The molecule has 29 heavy (non-hydrogen) atoms. The number of benzene rings is 1. The summed E-state index contributed by atoms with van der Waals surface area (Å²) in [6.45, 7) is 7.03. The van der Waals surface area contributed by atoms with Crippen molar-refractivity contribution in [1.82, 2.24) is 19.6 Å².